The molecule has 28 heavy (non-hydrogen) atoms. The molecule has 0 spiro atoms. The number of benzene rings is 2. The second-order valence-corrected chi connectivity index (χ2v) is 6.70. The van der Waals surface area contributed by atoms with E-state index in [1.165, 1.54) is 18.3 Å². The first kappa shape index (κ1) is 18.2. The van der Waals surface area contributed by atoms with Gasteiger partial charge in [0.1, 0.15) is 0 Å². The van der Waals surface area contributed by atoms with Crippen LogP contribution in [0.1, 0.15) is 39.5 Å². The molecule has 3 aromatic rings. The van der Waals surface area contributed by atoms with E-state index in [-0.39, 0.29) is 23.3 Å². The van der Waals surface area contributed by atoms with Crippen molar-refractivity contribution in [2.24, 2.45) is 0 Å². The minimum atomic E-state index is -4.43. The summed E-state index contributed by atoms with van der Waals surface area (Å²) in [6, 6.07) is 14.6. The Kier molecular flexibility index (Phi) is 4.58. The van der Waals surface area contributed by atoms with Crippen LogP contribution < -0.4 is 5.32 Å². The normalized spacial score (nSPS) is 16.5. The van der Waals surface area contributed by atoms with Crippen molar-refractivity contribution in [3.05, 3.63) is 83.2 Å². The summed E-state index contributed by atoms with van der Waals surface area (Å²) in [5, 5.41) is 2.80. The monoisotopic (exact) mass is 383 g/mol. The SMILES string of the molecule is O=C1CC(c2ccccc2)Cc2nc(Nc3cccc(C(F)(F)F)c3)ncc21. The molecule has 1 aliphatic carbocycles. The predicted molar refractivity (Wildman–Crippen MR) is 98.6 cm³/mol. The number of rotatable bonds is 3. The van der Waals surface area contributed by atoms with E-state index in [9.17, 15) is 18.0 Å². The van der Waals surface area contributed by atoms with Crippen molar-refractivity contribution in [3.63, 3.8) is 0 Å². The zero-order valence-corrected chi connectivity index (χ0v) is 14.7. The first-order valence-electron chi connectivity index (χ1n) is 8.78. The summed E-state index contributed by atoms with van der Waals surface area (Å²) in [5.74, 6) is 0.165. The lowest BCUT2D eigenvalue weighted by Gasteiger charge is -2.23. The summed E-state index contributed by atoms with van der Waals surface area (Å²) < 4.78 is 38.6. The van der Waals surface area contributed by atoms with Gasteiger partial charge in [0.05, 0.1) is 16.8 Å². The highest BCUT2D eigenvalue weighted by atomic mass is 19.4. The first-order valence-corrected chi connectivity index (χ1v) is 8.78. The molecule has 1 N–H and O–H groups in total. The van der Waals surface area contributed by atoms with Crippen molar-refractivity contribution in [3.8, 4) is 0 Å². The number of hydrogen-bond donors (Lipinski definition) is 1. The summed E-state index contributed by atoms with van der Waals surface area (Å²) in [4.78, 5) is 21.0. The number of fused-ring (bicyclic) bond motifs is 1. The van der Waals surface area contributed by atoms with Gasteiger partial charge in [-0.1, -0.05) is 36.4 Å². The Labute approximate surface area is 159 Å². The average Bonchev–Trinajstić information content (AvgIpc) is 2.68. The molecule has 1 atom stereocenters. The highest BCUT2D eigenvalue weighted by Crippen LogP contribution is 2.33. The van der Waals surface area contributed by atoms with Gasteiger partial charge in [-0.3, -0.25) is 4.79 Å². The molecule has 1 heterocycles. The molecule has 7 heteroatoms. The van der Waals surface area contributed by atoms with Crippen LogP contribution in [0.25, 0.3) is 0 Å². The molecule has 0 fully saturated rings. The second-order valence-electron chi connectivity index (χ2n) is 6.70. The number of hydrogen-bond acceptors (Lipinski definition) is 4. The summed E-state index contributed by atoms with van der Waals surface area (Å²) in [6.07, 6.45) is -2.02. The number of Topliss-reactive ketones (excluding diaryl/α,β-unsaturated/α-hetero) is 1. The van der Waals surface area contributed by atoms with Crippen molar-refractivity contribution in [2.75, 3.05) is 5.32 Å². The molecule has 1 unspecified atom stereocenters. The van der Waals surface area contributed by atoms with E-state index < -0.39 is 11.7 Å². The van der Waals surface area contributed by atoms with Gasteiger partial charge in [0.15, 0.2) is 5.78 Å². The van der Waals surface area contributed by atoms with Gasteiger partial charge in [-0.2, -0.15) is 13.2 Å². The molecule has 1 aliphatic rings. The van der Waals surface area contributed by atoms with E-state index in [1.54, 1.807) is 0 Å². The summed E-state index contributed by atoms with van der Waals surface area (Å²) in [5.41, 5.74) is 1.62. The van der Waals surface area contributed by atoms with Gasteiger partial charge >= 0.3 is 6.18 Å². The molecule has 142 valence electrons. The fourth-order valence-corrected chi connectivity index (χ4v) is 3.37. The van der Waals surface area contributed by atoms with Crippen LogP contribution in [0.3, 0.4) is 0 Å². The van der Waals surface area contributed by atoms with Gasteiger partial charge in [-0.05, 0) is 36.1 Å². The fourth-order valence-electron chi connectivity index (χ4n) is 3.37. The van der Waals surface area contributed by atoms with Crippen molar-refractivity contribution >= 4 is 17.4 Å². The van der Waals surface area contributed by atoms with Crippen LogP contribution in [0.4, 0.5) is 24.8 Å². The van der Waals surface area contributed by atoms with Gasteiger partial charge in [0.25, 0.3) is 0 Å². The summed E-state index contributed by atoms with van der Waals surface area (Å²) >= 11 is 0. The fraction of sp³-hybridized carbons (Fsp3) is 0.190. The molecule has 4 nitrogen and oxygen atoms in total. The van der Waals surface area contributed by atoms with E-state index in [0.717, 1.165) is 17.7 Å². The lowest BCUT2D eigenvalue weighted by atomic mass is 9.82. The van der Waals surface area contributed by atoms with Crippen LogP contribution in [0.15, 0.2) is 60.8 Å². The number of halogens is 3. The second kappa shape index (κ2) is 7.07. The van der Waals surface area contributed by atoms with Crippen LogP contribution >= 0.6 is 0 Å². The molecule has 2 aromatic carbocycles. The number of aromatic nitrogens is 2. The molecular weight excluding hydrogens is 367 g/mol. The Morgan fingerprint density at radius 3 is 2.54 bits per heavy atom. The van der Waals surface area contributed by atoms with Crippen LogP contribution in [-0.4, -0.2) is 15.8 Å². The van der Waals surface area contributed by atoms with Gasteiger partial charge < -0.3 is 5.32 Å². The average molecular weight is 383 g/mol. The Morgan fingerprint density at radius 2 is 1.79 bits per heavy atom. The smallest absolute Gasteiger partial charge is 0.324 e. The largest absolute Gasteiger partial charge is 0.416 e. The van der Waals surface area contributed by atoms with Crippen molar-refractivity contribution in [1.82, 2.24) is 9.97 Å². The standard InChI is InChI=1S/C21H16F3N3O/c22-21(23,24)15-7-4-8-16(11-15)26-20-25-12-17-18(27-20)9-14(10-19(17)28)13-5-2-1-3-6-13/h1-8,11-12,14H,9-10H2,(H,25,26,27). The van der Waals surface area contributed by atoms with Gasteiger partial charge in [-0.25, -0.2) is 9.97 Å². The zero-order valence-electron chi connectivity index (χ0n) is 14.7. The topological polar surface area (TPSA) is 54.9 Å². The lowest BCUT2D eigenvalue weighted by Crippen LogP contribution is -2.21. The predicted octanol–water partition coefficient (Wildman–Crippen LogP) is 5.15. The van der Waals surface area contributed by atoms with Crippen molar-refractivity contribution in [1.29, 1.82) is 0 Å². The van der Waals surface area contributed by atoms with Crippen LogP contribution in [-0.2, 0) is 12.6 Å². The maximum absolute atomic E-state index is 12.9. The number of anilines is 2. The third-order valence-electron chi connectivity index (χ3n) is 4.76. The zero-order chi connectivity index (χ0) is 19.7. The molecule has 0 aliphatic heterocycles. The van der Waals surface area contributed by atoms with Gasteiger partial charge in [-0.15, -0.1) is 0 Å². The number of ketones is 1. The third kappa shape index (κ3) is 3.74. The molecule has 0 saturated carbocycles. The molecule has 1 aromatic heterocycles. The first-order chi connectivity index (χ1) is 13.4. The van der Waals surface area contributed by atoms with Crippen LogP contribution in [0.5, 0.6) is 0 Å². The Hall–Kier alpha value is -3.22. The quantitative estimate of drug-likeness (QED) is 0.679. The number of carbonyl (C=O) groups is 1. The Morgan fingerprint density at radius 1 is 1.00 bits per heavy atom. The number of carbonyl (C=O) groups excluding carboxylic acids is 1. The highest BCUT2D eigenvalue weighted by molar-refractivity contribution is 5.98. The lowest BCUT2D eigenvalue weighted by molar-refractivity contribution is -0.137. The molecule has 0 bridgehead atoms. The summed E-state index contributed by atoms with van der Waals surface area (Å²) in [6.45, 7) is 0. The molecule has 0 saturated heterocycles. The minimum absolute atomic E-state index is 0.0255. The van der Waals surface area contributed by atoms with E-state index in [0.29, 0.717) is 24.1 Å². The van der Waals surface area contributed by atoms with E-state index >= 15 is 0 Å². The van der Waals surface area contributed by atoms with E-state index in [1.807, 2.05) is 30.3 Å². The number of nitrogens with one attached hydrogen (secondary N) is 1. The van der Waals surface area contributed by atoms with Crippen LogP contribution in [0, 0.1) is 0 Å². The molecule has 0 amide bonds. The molecular formula is C21H16F3N3O. The summed E-state index contributed by atoms with van der Waals surface area (Å²) in [7, 11) is 0. The van der Waals surface area contributed by atoms with Crippen molar-refractivity contribution in [2.45, 2.75) is 24.9 Å². The van der Waals surface area contributed by atoms with Crippen LogP contribution in [0.2, 0.25) is 0 Å². The molecule has 0 radical (unpaired) electrons. The highest BCUT2D eigenvalue weighted by Gasteiger charge is 2.31. The third-order valence-corrected chi connectivity index (χ3v) is 4.76. The van der Waals surface area contributed by atoms with Gasteiger partial charge in [0, 0.05) is 18.3 Å². The van der Waals surface area contributed by atoms with Crippen molar-refractivity contribution < 1.29 is 18.0 Å². The van der Waals surface area contributed by atoms with E-state index in [4.69, 9.17) is 0 Å². The number of alkyl halides is 3. The Bertz CT molecular complexity index is 1020. The van der Waals surface area contributed by atoms with E-state index in [2.05, 4.69) is 15.3 Å². The van der Waals surface area contributed by atoms with Gasteiger partial charge in [0.2, 0.25) is 5.95 Å². The maximum atomic E-state index is 12.9. The molecule has 4 rings (SSSR count). The Balaban J connectivity index is 1.60. The minimum Gasteiger partial charge on any atom is -0.324 e. The maximum Gasteiger partial charge on any atom is 0.416 e. The number of nitrogens with zero attached hydrogens (tertiary/aromatic N) is 2.